The average molecular weight is 382 g/mol. The van der Waals surface area contributed by atoms with Gasteiger partial charge in [0.2, 0.25) is 5.91 Å². The zero-order valence-corrected chi connectivity index (χ0v) is 15.8. The van der Waals surface area contributed by atoms with E-state index in [4.69, 9.17) is 11.6 Å². The summed E-state index contributed by atoms with van der Waals surface area (Å²) in [6.45, 7) is 5.56. The van der Waals surface area contributed by atoms with E-state index in [-0.39, 0.29) is 22.4 Å². The van der Waals surface area contributed by atoms with Gasteiger partial charge in [-0.2, -0.15) is 0 Å². The monoisotopic (exact) mass is 381 g/mol. The molecule has 2 amide bonds. The second kappa shape index (κ2) is 8.35. The fourth-order valence-electron chi connectivity index (χ4n) is 3.69. The zero-order chi connectivity index (χ0) is 18.7. The van der Waals surface area contributed by atoms with Crippen LogP contribution in [0.2, 0.25) is 5.02 Å². The van der Waals surface area contributed by atoms with E-state index in [0.717, 1.165) is 25.5 Å². The Bertz CT molecular complexity index is 677. The van der Waals surface area contributed by atoms with Crippen LogP contribution in [-0.2, 0) is 4.79 Å². The number of carbonyl (C=O) groups is 2. The van der Waals surface area contributed by atoms with E-state index >= 15 is 0 Å². The van der Waals surface area contributed by atoms with Crippen LogP contribution in [0.5, 0.6) is 0 Å². The molecule has 0 saturated carbocycles. The molecule has 2 fully saturated rings. The summed E-state index contributed by atoms with van der Waals surface area (Å²) >= 11 is 5.74. The van der Waals surface area contributed by atoms with Crippen molar-refractivity contribution in [3.63, 3.8) is 0 Å². The molecular weight excluding hydrogens is 357 g/mol. The number of amides is 2. The maximum Gasteiger partial charge on any atom is 0.256 e. The van der Waals surface area contributed by atoms with Gasteiger partial charge >= 0.3 is 0 Å². The summed E-state index contributed by atoms with van der Waals surface area (Å²) in [5, 5.41) is 0.273. The maximum absolute atomic E-state index is 14.0. The van der Waals surface area contributed by atoms with Gasteiger partial charge in [0, 0.05) is 43.8 Å². The van der Waals surface area contributed by atoms with E-state index in [0.29, 0.717) is 38.8 Å². The van der Waals surface area contributed by atoms with Crippen LogP contribution in [0.1, 0.15) is 36.5 Å². The van der Waals surface area contributed by atoms with Crippen LogP contribution < -0.4 is 0 Å². The van der Waals surface area contributed by atoms with Gasteiger partial charge in [-0.05, 0) is 44.4 Å². The molecule has 1 atom stereocenters. The molecule has 2 aliphatic heterocycles. The highest BCUT2D eigenvalue weighted by molar-refractivity contribution is 6.30. The van der Waals surface area contributed by atoms with E-state index in [1.807, 2.05) is 4.90 Å². The molecule has 26 heavy (non-hydrogen) atoms. The van der Waals surface area contributed by atoms with Crippen molar-refractivity contribution in [2.75, 3.05) is 39.3 Å². The van der Waals surface area contributed by atoms with Gasteiger partial charge in [0.1, 0.15) is 5.82 Å². The molecule has 0 N–H and O–H groups in total. The number of hydrogen-bond acceptors (Lipinski definition) is 3. The van der Waals surface area contributed by atoms with Crippen LogP contribution in [0.15, 0.2) is 18.2 Å². The van der Waals surface area contributed by atoms with Crippen molar-refractivity contribution in [2.24, 2.45) is 0 Å². The van der Waals surface area contributed by atoms with Crippen molar-refractivity contribution in [2.45, 2.75) is 32.2 Å². The second-order valence-corrected chi connectivity index (χ2v) is 7.56. The highest BCUT2D eigenvalue weighted by atomic mass is 35.5. The first-order valence-corrected chi connectivity index (χ1v) is 9.59. The van der Waals surface area contributed by atoms with E-state index in [9.17, 15) is 14.0 Å². The van der Waals surface area contributed by atoms with Gasteiger partial charge < -0.3 is 9.80 Å². The Morgan fingerprint density at radius 2 is 1.88 bits per heavy atom. The van der Waals surface area contributed by atoms with Gasteiger partial charge in [-0.1, -0.05) is 11.6 Å². The standard InChI is InChI=1S/C19H25ClFN3O2/c1-14-4-2-3-7-24(14)18(25)13-22-8-10-23(11-9-22)19(26)16-6-5-15(20)12-17(16)21/h5-6,12,14H,2-4,7-11,13H2,1H3. The van der Waals surface area contributed by atoms with Crippen molar-refractivity contribution in [1.82, 2.24) is 14.7 Å². The van der Waals surface area contributed by atoms with Gasteiger partial charge in [-0.3, -0.25) is 14.5 Å². The quantitative estimate of drug-likeness (QED) is 0.808. The highest BCUT2D eigenvalue weighted by Gasteiger charge is 2.28. The van der Waals surface area contributed by atoms with E-state index in [2.05, 4.69) is 11.8 Å². The number of benzene rings is 1. The van der Waals surface area contributed by atoms with Crippen molar-refractivity contribution >= 4 is 23.4 Å². The van der Waals surface area contributed by atoms with E-state index in [1.165, 1.54) is 18.6 Å². The van der Waals surface area contributed by atoms with Crippen LogP contribution >= 0.6 is 11.6 Å². The number of halogens is 2. The Balaban J connectivity index is 1.52. The molecule has 142 valence electrons. The number of rotatable bonds is 3. The Kier molecular flexibility index (Phi) is 6.14. The molecule has 1 aromatic rings. The lowest BCUT2D eigenvalue weighted by atomic mass is 10.0. The number of nitrogens with zero attached hydrogens (tertiary/aromatic N) is 3. The fourth-order valence-corrected chi connectivity index (χ4v) is 3.85. The Morgan fingerprint density at radius 3 is 2.54 bits per heavy atom. The first-order chi connectivity index (χ1) is 12.5. The minimum atomic E-state index is -0.598. The van der Waals surface area contributed by atoms with E-state index < -0.39 is 5.82 Å². The van der Waals surface area contributed by atoms with Crippen LogP contribution in [0.4, 0.5) is 4.39 Å². The molecular formula is C19H25ClFN3O2. The number of likely N-dealkylation sites (tertiary alicyclic amines) is 1. The SMILES string of the molecule is CC1CCCCN1C(=O)CN1CCN(C(=O)c2ccc(Cl)cc2F)CC1. The highest BCUT2D eigenvalue weighted by Crippen LogP contribution is 2.19. The first kappa shape index (κ1) is 19.1. The Morgan fingerprint density at radius 1 is 1.15 bits per heavy atom. The zero-order valence-electron chi connectivity index (χ0n) is 15.1. The average Bonchev–Trinajstić information content (AvgIpc) is 2.62. The summed E-state index contributed by atoms with van der Waals surface area (Å²) in [6.07, 6.45) is 3.33. The van der Waals surface area contributed by atoms with Crippen LogP contribution in [0, 0.1) is 5.82 Å². The van der Waals surface area contributed by atoms with Gasteiger partial charge in [-0.15, -0.1) is 0 Å². The summed E-state index contributed by atoms with van der Waals surface area (Å²) in [5.41, 5.74) is 0.0427. The predicted molar refractivity (Wildman–Crippen MR) is 98.8 cm³/mol. The molecule has 2 saturated heterocycles. The van der Waals surface area contributed by atoms with Crippen molar-refractivity contribution in [3.05, 3.63) is 34.6 Å². The number of hydrogen-bond donors (Lipinski definition) is 0. The van der Waals surface area contributed by atoms with Gasteiger partial charge in [0.05, 0.1) is 12.1 Å². The first-order valence-electron chi connectivity index (χ1n) is 9.22. The fraction of sp³-hybridized carbons (Fsp3) is 0.579. The molecule has 3 rings (SSSR count). The van der Waals surface area contributed by atoms with Crippen molar-refractivity contribution in [1.29, 1.82) is 0 Å². The summed E-state index contributed by atoms with van der Waals surface area (Å²) in [7, 11) is 0. The predicted octanol–water partition coefficient (Wildman–Crippen LogP) is 2.64. The van der Waals surface area contributed by atoms with Crippen molar-refractivity contribution in [3.8, 4) is 0 Å². The largest absolute Gasteiger partial charge is 0.339 e. The number of piperazine rings is 1. The second-order valence-electron chi connectivity index (χ2n) is 7.12. The lowest BCUT2D eigenvalue weighted by Gasteiger charge is -2.38. The molecule has 2 aliphatic rings. The summed E-state index contributed by atoms with van der Waals surface area (Å²) in [6, 6.07) is 4.41. The Hall–Kier alpha value is -1.66. The molecule has 5 nitrogen and oxygen atoms in total. The normalized spacial score (nSPS) is 21.7. The number of carbonyl (C=O) groups excluding carboxylic acids is 2. The van der Waals surface area contributed by atoms with Crippen LogP contribution in [0.25, 0.3) is 0 Å². The topological polar surface area (TPSA) is 43.9 Å². The van der Waals surface area contributed by atoms with Crippen LogP contribution in [-0.4, -0.2) is 71.8 Å². The lowest BCUT2D eigenvalue weighted by molar-refractivity contribution is -0.136. The summed E-state index contributed by atoms with van der Waals surface area (Å²) in [5.74, 6) is -0.755. The third kappa shape index (κ3) is 4.35. The van der Waals surface area contributed by atoms with Crippen LogP contribution in [0.3, 0.4) is 0 Å². The minimum absolute atomic E-state index is 0.0427. The summed E-state index contributed by atoms with van der Waals surface area (Å²) < 4.78 is 14.0. The molecule has 0 aromatic heterocycles. The molecule has 1 unspecified atom stereocenters. The molecule has 0 spiro atoms. The molecule has 1 aromatic carbocycles. The number of piperidine rings is 1. The third-order valence-corrected chi connectivity index (χ3v) is 5.54. The molecule has 0 bridgehead atoms. The van der Waals surface area contributed by atoms with Crippen molar-refractivity contribution < 1.29 is 14.0 Å². The van der Waals surface area contributed by atoms with E-state index in [1.54, 1.807) is 4.90 Å². The Labute approximate surface area is 158 Å². The third-order valence-electron chi connectivity index (χ3n) is 5.30. The minimum Gasteiger partial charge on any atom is -0.339 e. The maximum atomic E-state index is 14.0. The molecule has 0 radical (unpaired) electrons. The lowest BCUT2D eigenvalue weighted by Crippen LogP contribution is -2.53. The summed E-state index contributed by atoms with van der Waals surface area (Å²) in [4.78, 5) is 30.7. The van der Waals surface area contributed by atoms with Gasteiger partial charge in [-0.25, -0.2) is 4.39 Å². The molecule has 7 heteroatoms. The van der Waals surface area contributed by atoms with Gasteiger partial charge in [0.25, 0.3) is 5.91 Å². The van der Waals surface area contributed by atoms with Gasteiger partial charge in [0.15, 0.2) is 0 Å². The smallest absolute Gasteiger partial charge is 0.256 e. The molecule has 2 heterocycles. The molecule has 0 aliphatic carbocycles.